The topological polar surface area (TPSA) is 94.2 Å². The number of hydrogen-bond acceptors (Lipinski definition) is 6. The molecule has 1 aromatic carbocycles. The molecule has 1 unspecified atom stereocenters. The first kappa shape index (κ1) is 21.9. The summed E-state index contributed by atoms with van der Waals surface area (Å²) in [7, 11) is 0. The molecule has 3 aliphatic heterocycles. The summed E-state index contributed by atoms with van der Waals surface area (Å²) in [5.74, 6) is -0.358. The number of nitrogens with one attached hydrogen (secondary N) is 2. The predicted octanol–water partition coefficient (Wildman–Crippen LogP) is 0.679. The molecule has 0 aromatic heterocycles. The normalized spacial score (nSPS) is 24.8. The van der Waals surface area contributed by atoms with Gasteiger partial charge in [-0.3, -0.25) is 19.8 Å². The molecule has 4 amide bonds. The van der Waals surface area contributed by atoms with Crippen molar-refractivity contribution in [3.05, 3.63) is 29.3 Å². The molecular weight excluding hydrogens is 422 g/mol. The molecule has 3 saturated heterocycles. The van der Waals surface area contributed by atoms with Crippen LogP contribution in [0.3, 0.4) is 0 Å². The molecule has 1 atom stereocenters. The fraction of sp³-hybridized carbons (Fsp3) is 0.571. The quantitative estimate of drug-likeness (QED) is 0.620. The summed E-state index contributed by atoms with van der Waals surface area (Å²) in [6.07, 6.45) is 0.477. The minimum absolute atomic E-state index is 0.000968. The standard InChI is InChI=1S/C21H28ClN5O4/c22-16-2-1-3-17(14-16)26-6-8-27(9-7-26)18(28)4-5-21(19(29)23-20(30)24-21)15-25-10-12-31-13-11-25/h1-3,14H,4-13,15H2,(H2,23,24,29,30). The second-order valence-electron chi connectivity index (χ2n) is 8.23. The number of halogens is 1. The van der Waals surface area contributed by atoms with E-state index in [-0.39, 0.29) is 24.7 Å². The first-order valence-corrected chi connectivity index (χ1v) is 11.0. The van der Waals surface area contributed by atoms with Crippen LogP contribution >= 0.6 is 11.6 Å². The van der Waals surface area contributed by atoms with Crippen molar-refractivity contribution in [3.8, 4) is 0 Å². The van der Waals surface area contributed by atoms with Crippen LogP contribution < -0.4 is 15.5 Å². The smallest absolute Gasteiger partial charge is 0.322 e. The molecule has 9 nitrogen and oxygen atoms in total. The number of amides is 4. The van der Waals surface area contributed by atoms with Gasteiger partial charge in [0.1, 0.15) is 5.54 Å². The van der Waals surface area contributed by atoms with Crippen LogP contribution in [0.15, 0.2) is 24.3 Å². The van der Waals surface area contributed by atoms with Gasteiger partial charge in [0, 0.05) is 62.9 Å². The van der Waals surface area contributed by atoms with Gasteiger partial charge in [-0.2, -0.15) is 0 Å². The van der Waals surface area contributed by atoms with E-state index in [4.69, 9.17) is 16.3 Å². The maximum absolute atomic E-state index is 12.9. The number of benzene rings is 1. The van der Waals surface area contributed by atoms with E-state index in [1.807, 2.05) is 29.2 Å². The van der Waals surface area contributed by atoms with Gasteiger partial charge in [0.2, 0.25) is 5.91 Å². The zero-order valence-corrected chi connectivity index (χ0v) is 18.2. The largest absolute Gasteiger partial charge is 0.379 e. The van der Waals surface area contributed by atoms with Crippen molar-refractivity contribution in [2.45, 2.75) is 18.4 Å². The van der Waals surface area contributed by atoms with Crippen LogP contribution in [0.5, 0.6) is 0 Å². The van der Waals surface area contributed by atoms with Gasteiger partial charge in [0.05, 0.1) is 13.2 Å². The Morgan fingerprint density at radius 2 is 1.84 bits per heavy atom. The Morgan fingerprint density at radius 1 is 1.10 bits per heavy atom. The number of piperazine rings is 1. The van der Waals surface area contributed by atoms with E-state index >= 15 is 0 Å². The highest BCUT2D eigenvalue weighted by Crippen LogP contribution is 2.23. The maximum atomic E-state index is 12.9. The van der Waals surface area contributed by atoms with E-state index in [1.165, 1.54) is 0 Å². The van der Waals surface area contributed by atoms with Crippen LogP contribution in [0.1, 0.15) is 12.8 Å². The summed E-state index contributed by atoms with van der Waals surface area (Å²) in [5.41, 5.74) is -0.0263. The summed E-state index contributed by atoms with van der Waals surface area (Å²) in [5, 5.41) is 5.82. The molecule has 3 heterocycles. The third kappa shape index (κ3) is 5.11. The van der Waals surface area contributed by atoms with Gasteiger partial charge in [0.15, 0.2) is 0 Å². The molecule has 2 N–H and O–H groups in total. The van der Waals surface area contributed by atoms with Crippen LogP contribution in [0, 0.1) is 0 Å². The van der Waals surface area contributed by atoms with E-state index < -0.39 is 11.6 Å². The van der Waals surface area contributed by atoms with E-state index in [0.717, 1.165) is 18.8 Å². The second kappa shape index (κ2) is 9.42. The van der Waals surface area contributed by atoms with Gasteiger partial charge in [-0.05, 0) is 24.6 Å². The lowest BCUT2D eigenvalue weighted by molar-refractivity contribution is -0.132. The number of nitrogens with zero attached hydrogens (tertiary/aromatic N) is 3. The highest BCUT2D eigenvalue weighted by Gasteiger charge is 2.47. The Bertz CT molecular complexity index is 839. The fourth-order valence-electron chi connectivity index (χ4n) is 4.40. The third-order valence-corrected chi connectivity index (χ3v) is 6.42. The Labute approximate surface area is 186 Å². The third-order valence-electron chi connectivity index (χ3n) is 6.18. The summed E-state index contributed by atoms with van der Waals surface area (Å²) >= 11 is 6.09. The zero-order chi connectivity index (χ0) is 21.8. The SMILES string of the molecule is O=C1NC(=O)C(CCC(=O)N2CCN(c3cccc(Cl)c3)CC2)(CN2CCOCC2)N1. The number of hydrogen-bond donors (Lipinski definition) is 2. The van der Waals surface area contributed by atoms with Gasteiger partial charge in [-0.15, -0.1) is 0 Å². The summed E-state index contributed by atoms with van der Waals surface area (Å²) < 4.78 is 5.37. The van der Waals surface area contributed by atoms with Crippen molar-refractivity contribution in [2.24, 2.45) is 0 Å². The summed E-state index contributed by atoms with van der Waals surface area (Å²) in [6.45, 7) is 5.65. The van der Waals surface area contributed by atoms with Gasteiger partial charge < -0.3 is 19.9 Å². The molecule has 0 radical (unpaired) electrons. The number of ether oxygens (including phenoxy) is 1. The first-order chi connectivity index (χ1) is 14.9. The summed E-state index contributed by atoms with van der Waals surface area (Å²) in [4.78, 5) is 43.5. The maximum Gasteiger partial charge on any atom is 0.322 e. The van der Waals surface area contributed by atoms with E-state index in [2.05, 4.69) is 20.4 Å². The molecule has 0 saturated carbocycles. The molecule has 10 heteroatoms. The van der Waals surface area contributed by atoms with Gasteiger partial charge >= 0.3 is 6.03 Å². The van der Waals surface area contributed by atoms with Crippen LogP contribution in [-0.4, -0.2) is 92.2 Å². The van der Waals surface area contributed by atoms with Crippen LogP contribution in [0.25, 0.3) is 0 Å². The monoisotopic (exact) mass is 449 g/mol. The molecular formula is C21H28ClN5O4. The van der Waals surface area contributed by atoms with Crippen molar-refractivity contribution in [3.63, 3.8) is 0 Å². The Kier molecular flexibility index (Phi) is 6.64. The van der Waals surface area contributed by atoms with Gasteiger partial charge in [-0.25, -0.2) is 4.79 Å². The molecule has 0 spiro atoms. The van der Waals surface area contributed by atoms with Gasteiger partial charge in [-0.1, -0.05) is 17.7 Å². The van der Waals surface area contributed by atoms with E-state index in [1.54, 1.807) is 0 Å². The van der Waals surface area contributed by atoms with Crippen molar-refractivity contribution >= 4 is 35.1 Å². The van der Waals surface area contributed by atoms with Crippen molar-refractivity contribution in [1.29, 1.82) is 0 Å². The predicted molar refractivity (Wildman–Crippen MR) is 116 cm³/mol. The average molecular weight is 450 g/mol. The van der Waals surface area contributed by atoms with Crippen molar-refractivity contribution < 1.29 is 19.1 Å². The average Bonchev–Trinajstić information content (AvgIpc) is 3.05. The minimum Gasteiger partial charge on any atom is -0.379 e. The van der Waals surface area contributed by atoms with Crippen LogP contribution in [0.2, 0.25) is 5.02 Å². The molecule has 3 fully saturated rings. The highest BCUT2D eigenvalue weighted by molar-refractivity contribution is 6.30. The lowest BCUT2D eigenvalue weighted by atomic mass is 9.92. The van der Waals surface area contributed by atoms with Crippen LogP contribution in [0.4, 0.5) is 10.5 Å². The van der Waals surface area contributed by atoms with Gasteiger partial charge in [0.25, 0.3) is 5.91 Å². The lowest BCUT2D eigenvalue weighted by Crippen LogP contribution is -2.57. The fourth-order valence-corrected chi connectivity index (χ4v) is 4.59. The molecule has 4 rings (SSSR count). The Balaban J connectivity index is 1.33. The number of morpholine rings is 1. The van der Waals surface area contributed by atoms with Crippen LogP contribution in [-0.2, 0) is 14.3 Å². The minimum atomic E-state index is -1.08. The number of urea groups is 1. The molecule has 0 aliphatic carbocycles. The second-order valence-corrected chi connectivity index (χ2v) is 8.66. The van der Waals surface area contributed by atoms with Crippen molar-refractivity contribution in [2.75, 3.05) is 63.9 Å². The number of imide groups is 1. The van der Waals surface area contributed by atoms with E-state index in [9.17, 15) is 14.4 Å². The lowest BCUT2D eigenvalue weighted by Gasteiger charge is -2.37. The Morgan fingerprint density at radius 3 is 2.48 bits per heavy atom. The number of carbonyl (C=O) groups excluding carboxylic acids is 3. The molecule has 0 bridgehead atoms. The Hall–Kier alpha value is -2.36. The molecule has 168 valence electrons. The molecule has 31 heavy (non-hydrogen) atoms. The number of anilines is 1. The van der Waals surface area contributed by atoms with Crippen molar-refractivity contribution in [1.82, 2.24) is 20.4 Å². The molecule has 1 aromatic rings. The molecule has 3 aliphatic rings. The number of carbonyl (C=O) groups is 3. The summed E-state index contributed by atoms with van der Waals surface area (Å²) in [6, 6.07) is 7.20. The zero-order valence-electron chi connectivity index (χ0n) is 17.4. The van der Waals surface area contributed by atoms with E-state index in [0.29, 0.717) is 51.0 Å². The first-order valence-electron chi connectivity index (χ1n) is 10.7. The number of rotatable bonds is 6. The highest BCUT2D eigenvalue weighted by atomic mass is 35.5.